The van der Waals surface area contributed by atoms with Crippen molar-refractivity contribution in [3.8, 4) is 0 Å². The summed E-state index contributed by atoms with van der Waals surface area (Å²) < 4.78 is 0.989. The molecule has 0 fully saturated rings. The summed E-state index contributed by atoms with van der Waals surface area (Å²) in [6, 6.07) is 15.9. The van der Waals surface area contributed by atoms with E-state index in [1.165, 1.54) is 29.2 Å². The Morgan fingerprint density at radius 3 is 2.43 bits per heavy atom. The number of carbonyl (C=O) groups is 4. The third-order valence-corrected chi connectivity index (χ3v) is 7.32. The van der Waals surface area contributed by atoms with Crippen molar-refractivity contribution in [3.05, 3.63) is 82.9 Å². The van der Waals surface area contributed by atoms with Crippen LogP contribution >= 0.6 is 23.1 Å². The molecule has 0 saturated carbocycles. The first-order valence-corrected chi connectivity index (χ1v) is 12.7. The minimum absolute atomic E-state index is 0.172. The lowest BCUT2D eigenvalue weighted by Gasteiger charge is -2.12. The summed E-state index contributed by atoms with van der Waals surface area (Å²) in [6.07, 6.45) is 0. The Morgan fingerprint density at radius 2 is 1.70 bits per heavy atom. The monoisotopic (exact) mass is 535 g/mol. The van der Waals surface area contributed by atoms with Crippen LogP contribution in [0.25, 0.3) is 10.2 Å². The smallest absolute Gasteiger partial charge is 0.336 e. The van der Waals surface area contributed by atoms with E-state index in [0.717, 1.165) is 27.9 Å². The van der Waals surface area contributed by atoms with E-state index in [4.69, 9.17) is 5.11 Å². The molecule has 2 amide bonds. The summed E-state index contributed by atoms with van der Waals surface area (Å²) in [5, 5.41) is 24.0. The van der Waals surface area contributed by atoms with Crippen LogP contribution in [0.4, 0.5) is 10.8 Å². The maximum atomic E-state index is 12.8. The fourth-order valence-corrected chi connectivity index (χ4v) is 5.34. The molecule has 11 heteroatoms. The molecule has 0 aliphatic rings. The van der Waals surface area contributed by atoms with Gasteiger partial charge in [0.25, 0.3) is 5.91 Å². The SMILES string of the molecule is Cc1ccc2nc(NC(=O)C(C)Sc3cccc(NC(=O)c4ccc(C(=O)O)cc4C(=O)O)c3)sc2c1. The van der Waals surface area contributed by atoms with Crippen LogP contribution in [0.15, 0.2) is 65.6 Å². The Kier molecular flexibility index (Phi) is 7.55. The standard InChI is InChI=1S/C26H21N3O6S2/c1-13-6-9-20-21(10-13)37-26(28-20)29-22(30)14(2)36-17-5-3-4-16(12-17)27-23(31)18-8-7-15(24(32)33)11-19(18)25(34)35/h3-12,14H,1-2H3,(H,27,31)(H,32,33)(H,34,35)(H,28,29,30). The zero-order valence-corrected chi connectivity index (χ0v) is 21.3. The Bertz CT molecular complexity index is 1550. The van der Waals surface area contributed by atoms with E-state index in [1.54, 1.807) is 31.2 Å². The first-order valence-electron chi connectivity index (χ1n) is 11.0. The second-order valence-corrected chi connectivity index (χ2v) is 10.5. The number of hydrogen-bond acceptors (Lipinski definition) is 7. The number of benzene rings is 3. The number of aromatic nitrogens is 1. The quantitative estimate of drug-likeness (QED) is 0.220. The van der Waals surface area contributed by atoms with Crippen molar-refractivity contribution in [1.82, 2.24) is 4.98 Å². The lowest BCUT2D eigenvalue weighted by molar-refractivity contribution is -0.115. The van der Waals surface area contributed by atoms with Gasteiger partial charge in [-0.25, -0.2) is 14.6 Å². The molecule has 3 aromatic carbocycles. The molecule has 0 saturated heterocycles. The van der Waals surface area contributed by atoms with Crippen LogP contribution in [0.5, 0.6) is 0 Å². The average Bonchev–Trinajstić information content (AvgIpc) is 3.24. The fourth-order valence-electron chi connectivity index (χ4n) is 3.45. The number of thioether (sulfide) groups is 1. The number of fused-ring (bicyclic) bond motifs is 1. The molecule has 37 heavy (non-hydrogen) atoms. The van der Waals surface area contributed by atoms with Gasteiger partial charge in [-0.1, -0.05) is 23.5 Å². The van der Waals surface area contributed by atoms with E-state index in [-0.39, 0.29) is 17.0 Å². The van der Waals surface area contributed by atoms with Crippen LogP contribution in [0.1, 0.15) is 43.6 Å². The first kappa shape index (κ1) is 25.9. The number of aryl methyl sites for hydroxylation is 1. The zero-order chi connectivity index (χ0) is 26.7. The summed E-state index contributed by atoms with van der Waals surface area (Å²) >= 11 is 2.69. The van der Waals surface area contributed by atoms with Gasteiger partial charge < -0.3 is 20.8 Å². The van der Waals surface area contributed by atoms with Gasteiger partial charge >= 0.3 is 11.9 Å². The van der Waals surface area contributed by atoms with E-state index in [0.29, 0.717) is 15.7 Å². The largest absolute Gasteiger partial charge is 0.478 e. The lowest BCUT2D eigenvalue weighted by atomic mass is 10.0. The van der Waals surface area contributed by atoms with Crippen LogP contribution in [0.3, 0.4) is 0 Å². The van der Waals surface area contributed by atoms with Crippen LogP contribution in [0.2, 0.25) is 0 Å². The summed E-state index contributed by atoms with van der Waals surface area (Å²) in [5.74, 6) is -3.63. The molecule has 4 N–H and O–H groups in total. The Hall–Kier alpha value is -4.22. The maximum absolute atomic E-state index is 12.8. The highest BCUT2D eigenvalue weighted by Crippen LogP contribution is 2.30. The van der Waals surface area contributed by atoms with Crippen molar-refractivity contribution in [2.45, 2.75) is 24.0 Å². The number of carboxylic acids is 2. The fraction of sp³-hybridized carbons (Fsp3) is 0.115. The molecular weight excluding hydrogens is 514 g/mol. The average molecular weight is 536 g/mol. The van der Waals surface area contributed by atoms with Crippen molar-refractivity contribution in [1.29, 1.82) is 0 Å². The third-order valence-electron chi connectivity index (χ3n) is 5.29. The number of hydrogen-bond donors (Lipinski definition) is 4. The van der Waals surface area contributed by atoms with Crippen molar-refractivity contribution in [2.75, 3.05) is 10.6 Å². The Morgan fingerprint density at radius 1 is 0.919 bits per heavy atom. The molecule has 0 spiro atoms. The van der Waals surface area contributed by atoms with Crippen molar-refractivity contribution < 1.29 is 29.4 Å². The molecule has 9 nitrogen and oxygen atoms in total. The van der Waals surface area contributed by atoms with Gasteiger partial charge in [0.2, 0.25) is 5.91 Å². The Labute approximate surface area is 219 Å². The molecule has 1 unspecified atom stereocenters. The van der Waals surface area contributed by atoms with Gasteiger partial charge in [-0.2, -0.15) is 0 Å². The lowest BCUT2D eigenvalue weighted by Crippen LogP contribution is -2.22. The summed E-state index contributed by atoms with van der Waals surface area (Å²) in [5.41, 5.74) is 1.50. The number of thiazole rings is 1. The highest BCUT2D eigenvalue weighted by molar-refractivity contribution is 8.00. The van der Waals surface area contributed by atoms with E-state index >= 15 is 0 Å². The summed E-state index contributed by atoms with van der Waals surface area (Å²) in [4.78, 5) is 53.4. The number of carboxylic acid groups (broad SMARTS) is 2. The van der Waals surface area contributed by atoms with E-state index < -0.39 is 28.7 Å². The number of carbonyl (C=O) groups excluding carboxylic acids is 2. The number of amides is 2. The Balaban J connectivity index is 1.43. The van der Waals surface area contributed by atoms with Crippen molar-refractivity contribution in [2.24, 2.45) is 0 Å². The van der Waals surface area contributed by atoms with Gasteiger partial charge in [-0.05, 0) is 67.9 Å². The molecule has 1 heterocycles. The zero-order valence-electron chi connectivity index (χ0n) is 19.6. The van der Waals surface area contributed by atoms with Gasteiger partial charge in [-0.3, -0.25) is 9.59 Å². The predicted molar refractivity (Wildman–Crippen MR) is 143 cm³/mol. The molecule has 4 aromatic rings. The molecule has 1 aromatic heterocycles. The predicted octanol–water partition coefficient (Wildman–Crippen LogP) is 5.37. The minimum atomic E-state index is -1.42. The van der Waals surface area contributed by atoms with Crippen molar-refractivity contribution in [3.63, 3.8) is 0 Å². The van der Waals surface area contributed by atoms with Gasteiger partial charge in [-0.15, -0.1) is 11.8 Å². The van der Waals surface area contributed by atoms with Crippen LogP contribution in [-0.2, 0) is 4.79 Å². The third kappa shape index (κ3) is 6.13. The van der Waals surface area contributed by atoms with Gasteiger partial charge in [0.15, 0.2) is 5.13 Å². The highest BCUT2D eigenvalue weighted by atomic mass is 32.2. The normalized spacial score (nSPS) is 11.6. The van der Waals surface area contributed by atoms with Crippen molar-refractivity contribution >= 4 is 67.9 Å². The summed E-state index contributed by atoms with van der Waals surface area (Å²) in [6.45, 7) is 3.75. The van der Waals surface area contributed by atoms with Crippen LogP contribution in [0, 0.1) is 6.92 Å². The van der Waals surface area contributed by atoms with Gasteiger partial charge in [0, 0.05) is 10.6 Å². The summed E-state index contributed by atoms with van der Waals surface area (Å²) in [7, 11) is 0. The molecule has 0 aliphatic heterocycles. The molecular formula is C26H21N3O6S2. The van der Waals surface area contributed by atoms with Crippen LogP contribution < -0.4 is 10.6 Å². The number of nitrogens with zero attached hydrogens (tertiary/aromatic N) is 1. The second-order valence-electron chi connectivity index (χ2n) is 8.09. The number of nitrogens with one attached hydrogen (secondary N) is 2. The van der Waals surface area contributed by atoms with E-state index in [1.807, 2.05) is 25.1 Å². The van der Waals surface area contributed by atoms with E-state index in [2.05, 4.69) is 15.6 Å². The number of anilines is 2. The minimum Gasteiger partial charge on any atom is -0.478 e. The molecule has 0 bridgehead atoms. The topological polar surface area (TPSA) is 146 Å². The number of rotatable bonds is 8. The molecule has 0 aliphatic carbocycles. The first-order chi connectivity index (χ1) is 17.6. The molecule has 4 rings (SSSR count). The second kappa shape index (κ2) is 10.8. The number of aromatic carboxylic acids is 2. The molecule has 1 atom stereocenters. The van der Waals surface area contributed by atoms with Gasteiger partial charge in [0.05, 0.1) is 32.2 Å². The highest BCUT2D eigenvalue weighted by Gasteiger charge is 2.20. The molecule has 188 valence electrons. The maximum Gasteiger partial charge on any atom is 0.336 e. The van der Waals surface area contributed by atoms with Crippen LogP contribution in [-0.4, -0.2) is 44.2 Å². The van der Waals surface area contributed by atoms with E-state index in [9.17, 15) is 24.3 Å². The van der Waals surface area contributed by atoms with Gasteiger partial charge in [0.1, 0.15) is 0 Å². The molecule has 0 radical (unpaired) electrons.